The second-order valence-electron chi connectivity index (χ2n) is 6.66. The summed E-state index contributed by atoms with van der Waals surface area (Å²) < 4.78 is 31.6. The number of H-pyrrole nitrogens is 1. The van der Waals surface area contributed by atoms with Crippen LogP contribution in [0.3, 0.4) is 0 Å². The molecule has 1 spiro atoms. The number of likely N-dealkylation sites (tertiary alicyclic amines) is 1. The van der Waals surface area contributed by atoms with Crippen LogP contribution < -0.4 is 10.2 Å². The van der Waals surface area contributed by atoms with Gasteiger partial charge in [-0.3, -0.25) is 0 Å². The van der Waals surface area contributed by atoms with Gasteiger partial charge in [-0.05, 0) is 31.5 Å². The highest BCUT2D eigenvalue weighted by atomic mass is 32.2. The van der Waals surface area contributed by atoms with Crippen molar-refractivity contribution in [2.45, 2.75) is 18.4 Å². The highest BCUT2D eigenvalue weighted by molar-refractivity contribution is 7.89. The Morgan fingerprint density at radius 1 is 1.48 bits per heavy atom. The average molecular weight is 364 g/mol. The van der Waals surface area contributed by atoms with Crippen LogP contribution in [0.2, 0.25) is 0 Å². The first-order chi connectivity index (χ1) is 11.9. The number of fused-ring (bicyclic) bond motifs is 4. The molecule has 0 bridgehead atoms. The molecule has 3 N–H and O–H groups in total. The predicted octanol–water partition coefficient (Wildman–Crippen LogP) is -0.879. The number of hydrogen-bond acceptors (Lipinski definition) is 6. The molecular weight excluding hydrogens is 343 g/mol. The minimum absolute atomic E-state index is 0.0859. The van der Waals surface area contributed by atoms with Gasteiger partial charge in [0, 0.05) is 42.9 Å². The second kappa shape index (κ2) is 6.06. The number of aromatic nitrogens is 2. The molecule has 0 atom stereocenters. The van der Waals surface area contributed by atoms with Crippen LogP contribution in [0.4, 0.5) is 0 Å². The van der Waals surface area contributed by atoms with Crippen LogP contribution in [-0.4, -0.2) is 67.9 Å². The fourth-order valence-corrected chi connectivity index (χ4v) is 4.61. The molecule has 0 radical (unpaired) electrons. The van der Waals surface area contributed by atoms with Gasteiger partial charge in [0.05, 0.1) is 11.4 Å². The van der Waals surface area contributed by atoms with E-state index in [1.54, 1.807) is 6.20 Å². The number of hydrogen-bond donors (Lipinski definition) is 3. The number of nitrogens with zero attached hydrogens (tertiary/aromatic N) is 2. The van der Waals surface area contributed by atoms with Crippen LogP contribution in [0.25, 0.3) is 11.0 Å². The maximum Gasteiger partial charge on any atom is 0.493 e. The molecule has 0 unspecified atom stereocenters. The SMILES string of the molecule is CNS(=O)(=O)CCN1CCC2(CC1)OB(O)c1cnc3[nH]ccc3c12. The number of pyridine rings is 1. The fourth-order valence-electron chi connectivity index (χ4n) is 3.91. The summed E-state index contributed by atoms with van der Waals surface area (Å²) in [4.78, 5) is 9.58. The van der Waals surface area contributed by atoms with E-state index in [1.807, 2.05) is 12.3 Å². The van der Waals surface area contributed by atoms with Crippen LogP contribution in [0, 0.1) is 0 Å². The summed E-state index contributed by atoms with van der Waals surface area (Å²) in [5.41, 5.74) is 2.02. The monoisotopic (exact) mass is 364 g/mol. The molecule has 0 aliphatic carbocycles. The molecule has 25 heavy (non-hydrogen) atoms. The van der Waals surface area contributed by atoms with Gasteiger partial charge in [-0.15, -0.1) is 0 Å². The van der Waals surface area contributed by atoms with Gasteiger partial charge in [-0.2, -0.15) is 0 Å². The molecule has 1 saturated heterocycles. The second-order valence-corrected chi connectivity index (χ2v) is 8.70. The van der Waals surface area contributed by atoms with Crippen molar-refractivity contribution in [3.05, 3.63) is 24.0 Å². The Morgan fingerprint density at radius 2 is 2.24 bits per heavy atom. The van der Waals surface area contributed by atoms with Crippen LogP contribution in [0.5, 0.6) is 0 Å². The van der Waals surface area contributed by atoms with Crippen molar-refractivity contribution in [2.75, 3.05) is 32.4 Å². The third kappa shape index (κ3) is 2.87. The Bertz CT molecular complexity index is 892. The minimum atomic E-state index is -3.20. The number of sulfonamides is 1. The molecular formula is C15H21BN4O4S. The molecule has 0 saturated carbocycles. The average Bonchev–Trinajstić information content (AvgIpc) is 3.18. The van der Waals surface area contributed by atoms with Crippen molar-refractivity contribution in [1.82, 2.24) is 19.6 Å². The predicted molar refractivity (Wildman–Crippen MR) is 95.0 cm³/mol. The highest BCUT2D eigenvalue weighted by Gasteiger charge is 2.49. The summed E-state index contributed by atoms with van der Waals surface area (Å²) >= 11 is 0. The first kappa shape index (κ1) is 17.0. The summed E-state index contributed by atoms with van der Waals surface area (Å²) in [7, 11) is -2.73. The van der Waals surface area contributed by atoms with Crippen molar-refractivity contribution in [1.29, 1.82) is 0 Å². The van der Waals surface area contributed by atoms with Gasteiger partial charge in [-0.1, -0.05) is 0 Å². The topological polar surface area (TPSA) is 108 Å². The van der Waals surface area contributed by atoms with Crippen molar-refractivity contribution >= 4 is 33.6 Å². The summed E-state index contributed by atoms with van der Waals surface area (Å²) in [6.45, 7) is 1.93. The third-order valence-electron chi connectivity index (χ3n) is 5.33. The molecule has 0 aromatic carbocycles. The molecule has 4 heterocycles. The van der Waals surface area contributed by atoms with E-state index in [9.17, 15) is 13.4 Å². The summed E-state index contributed by atoms with van der Waals surface area (Å²) in [6, 6.07) is 1.97. The Labute approximate surface area is 146 Å². The van der Waals surface area contributed by atoms with E-state index in [0.717, 1.165) is 35.1 Å². The maximum atomic E-state index is 11.6. The van der Waals surface area contributed by atoms with Gasteiger partial charge < -0.3 is 19.6 Å². The molecule has 134 valence electrons. The summed E-state index contributed by atoms with van der Waals surface area (Å²) in [5.74, 6) is 0.0859. The van der Waals surface area contributed by atoms with Gasteiger partial charge in [0.15, 0.2) is 0 Å². The van der Waals surface area contributed by atoms with Gasteiger partial charge in [0.2, 0.25) is 10.0 Å². The van der Waals surface area contributed by atoms with Crippen LogP contribution >= 0.6 is 0 Å². The molecule has 4 rings (SSSR count). The molecule has 0 amide bonds. The maximum absolute atomic E-state index is 11.6. The number of piperidine rings is 1. The first-order valence-corrected chi connectivity index (χ1v) is 10.1. The van der Waals surface area contributed by atoms with E-state index in [4.69, 9.17) is 4.65 Å². The molecule has 10 heteroatoms. The minimum Gasteiger partial charge on any atom is -0.423 e. The van der Waals surface area contributed by atoms with Crippen LogP contribution in [0.15, 0.2) is 18.5 Å². The largest absolute Gasteiger partial charge is 0.493 e. The lowest BCUT2D eigenvalue weighted by molar-refractivity contribution is -0.00307. The van der Waals surface area contributed by atoms with Gasteiger partial charge in [0.1, 0.15) is 5.65 Å². The van der Waals surface area contributed by atoms with Crippen molar-refractivity contribution in [3.63, 3.8) is 0 Å². The van der Waals surface area contributed by atoms with Gasteiger partial charge >= 0.3 is 7.12 Å². The van der Waals surface area contributed by atoms with Crippen LogP contribution in [-0.2, 0) is 20.3 Å². The Balaban J connectivity index is 1.55. The molecule has 2 aliphatic heterocycles. The molecule has 2 aliphatic rings. The molecule has 8 nitrogen and oxygen atoms in total. The number of rotatable bonds is 4. The smallest absolute Gasteiger partial charge is 0.423 e. The molecule has 1 fully saturated rings. The summed E-state index contributed by atoms with van der Waals surface area (Å²) in [5, 5.41) is 11.3. The van der Waals surface area contributed by atoms with Crippen molar-refractivity contribution < 1.29 is 18.1 Å². The standard InChI is InChI=1S/C15H21BN4O4S/c1-17-25(22,23)9-8-20-6-3-15(4-7-20)13-11-2-5-18-14(11)19-10-12(13)16(21)24-15/h2,5,10,17,21H,3-4,6-9H2,1H3,(H,18,19). The lowest BCUT2D eigenvalue weighted by Gasteiger charge is -2.40. The van der Waals surface area contributed by atoms with Crippen molar-refractivity contribution in [2.24, 2.45) is 0 Å². The Kier molecular flexibility index (Phi) is 4.12. The lowest BCUT2D eigenvalue weighted by Crippen LogP contribution is -2.45. The first-order valence-electron chi connectivity index (χ1n) is 8.40. The van der Waals surface area contributed by atoms with E-state index in [-0.39, 0.29) is 5.75 Å². The van der Waals surface area contributed by atoms with Crippen LogP contribution in [0.1, 0.15) is 18.4 Å². The Morgan fingerprint density at radius 3 is 2.96 bits per heavy atom. The third-order valence-corrected chi connectivity index (χ3v) is 6.67. The van der Waals surface area contributed by atoms with Crippen molar-refractivity contribution in [3.8, 4) is 0 Å². The van der Waals surface area contributed by atoms with E-state index in [1.165, 1.54) is 7.05 Å². The molecule has 2 aromatic rings. The van der Waals surface area contributed by atoms with Gasteiger partial charge in [-0.25, -0.2) is 18.1 Å². The summed E-state index contributed by atoms with van der Waals surface area (Å²) in [6.07, 6.45) is 4.94. The number of aromatic amines is 1. The normalized spacial score (nSPS) is 20.5. The van der Waals surface area contributed by atoms with Gasteiger partial charge in [0.25, 0.3) is 0 Å². The zero-order valence-electron chi connectivity index (χ0n) is 14.0. The highest BCUT2D eigenvalue weighted by Crippen LogP contribution is 2.42. The number of nitrogens with one attached hydrogen (secondary N) is 2. The lowest BCUT2D eigenvalue weighted by atomic mass is 9.76. The molecule has 2 aromatic heterocycles. The zero-order chi connectivity index (χ0) is 17.7. The van der Waals surface area contributed by atoms with E-state index in [2.05, 4.69) is 19.6 Å². The van der Waals surface area contributed by atoms with E-state index in [0.29, 0.717) is 19.4 Å². The van der Waals surface area contributed by atoms with E-state index < -0.39 is 22.7 Å². The Hall–Kier alpha value is -1.46. The van der Waals surface area contributed by atoms with E-state index >= 15 is 0 Å². The zero-order valence-corrected chi connectivity index (χ0v) is 14.8. The quantitative estimate of drug-likeness (QED) is 0.609. The fraction of sp³-hybridized carbons (Fsp3) is 0.533.